The summed E-state index contributed by atoms with van der Waals surface area (Å²) in [5, 5.41) is 2.59. The normalized spacial score (nSPS) is 14.3. The standard InChI is InChI=1S/C28H30FN7O3/c1-4-39-28(38)34-27-32-24-12-19(11-22(26(24)33-27)23-8-6-20(29)14-31-23)18-5-7-21(30-13-18)15-35-9-10-36(17(2)3)25(37)16-35/h5-8,11-14,17H,4,9-10,15-16H2,1-3H3,(H2,32,33,34,38). The smallest absolute Gasteiger partial charge is 0.413 e. The van der Waals surface area contributed by atoms with Gasteiger partial charge in [0, 0.05) is 43.0 Å². The van der Waals surface area contributed by atoms with Crippen molar-refractivity contribution in [3.63, 3.8) is 0 Å². The highest BCUT2D eigenvalue weighted by Crippen LogP contribution is 2.33. The van der Waals surface area contributed by atoms with E-state index >= 15 is 0 Å². The molecule has 0 radical (unpaired) electrons. The van der Waals surface area contributed by atoms with Gasteiger partial charge in [-0.3, -0.25) is 25.0 Å². The molecule has 0 spiro atoms. The summed E-state index contributed by atoms with van der Waals surface area (Å²) in [6.45, 7) is 8.50. The van der Waals surface area contributed by atoms with Gasteiger partial charge in [-0.2, -0.15) is 0 Å². The molecule has 10 nitrogen and oxygen atoms in total. The summed E-state index contributed by atoms with van der Waals surface area (Å²) in [6.07, 6.45) is 2.32. The van der Waals surface area contributed by atoms with Crippen LogP contribution in [0, 0.1) is 5.82 Å². The Kier molecular flexibility index (Phi) is 7.51. The molecule has 4 heterocycles. The van der Waals surface area contributed by atoms with E-state index in [0.29, 0.717) is 41.9 Å². The lowest BCUT2D eigenvalue weighted by atomic mass is 10.0. The van der Waals surface area contributed by atoms with Crippen molar-refractivity contribution >= 4 is 29.0 Å². The summed E-state index contributed by atoms with van der Waals surface area (Å²) < 4.78 is 18.5. The van der Waals surface area contributed by atoms with Gasteiger partial charge in [0.1, 0.15) is 5.82 Å². The summed E-state index contributed by atoms with van der Waals surface area (Å²) in [6, 6.07) is 10.9. The number of amides is 2. The number of carbonyl (C=O) groups excluding carboxylic acids is 2. The first-order valence-electron chi connectivity index (χ1n) is 12.9. The second kappa shape index (κ2) is 11.2. The number of ether oxygens (including phenoxy) is 1. The van der Waals surface area contributed by atoms with E-state index in [2.05, 4.69) is 30.2 Å². The molecule has 1 aromatic carbocycles. The molecule has 11 heteroatoms. The molecular weight excluding hydrogens is 501 g/mol. The van der Waals surface area contributed by atoms with Crippen molar-refractivity contribution in [2.45, 2.75) is 33.4 Å². The highest BCUT2D eigenvalue weighted by Gasteiger charge is 2.25. The van der Waals surface area contributed by atoms with E-state index in [0.717, 1.165) is 29.6 Å². The first-order chi connectivity index (χ1) is 18.8. The van der Waals surface area contributed by atoms with E-state index in [4.69, 9.17) is 4.74 Å². The number of hydrogen-bond acceptors (Lipinski definition) is 7. The topological polar surface area (TPSA) is 116 Å². The van der Waals surface area contributed by atoms with Crippen molar-refractivity contribution in [3.05, 3.63) is 60.3 Å². The molecule has 39 heavy (non-hydrogen) atoms. The van der Waals surface area contributed by atoms with E-state index in [9.17, 15) is 14.0 Å². The number of fused-ring (bicyclic) bond motifs is 1. The number of aromatic amines is 1. The van der Waals surface area contributed by atoms with E-state index in [-0.39, 0.29) is 24.5 Å². The monoisotopic (exact) mass is 531 g/mol. The zero-order valence-electron chi connectivity index (χ0n) is 22.1. The first kappa shape index (κ1) is 26.2. The molecule has 1 saturated heterocycles. The van der Waals surface area contributed by atoms with Gasteiger partial charge in [0.15, 0.2) is 0 Å². The summed E-state index contributed by atoms with van der Waals surface area (Å²) in [5.74, 6) is -0.0731. The number of carbonyl (C=O) groups is 2. The zero-order chi connectivity index (χ0) is 27.5. The molecule has 0 saturated carbocycles. The van der Waals surface area contributed by atoms with E-state index in [1.54, 1.807) is 19.2 Å². The molecule has 1 aliphatic heterocycles. The third-order valence-corrected chi connectivity index (χ3v) is 6.60. The Morgan fingerprint density at radius 2 is 1.97 bits per heavy atom. The van der Waals surface area contributed by atoms with Gasteiger partial charge in [-0.25, -0.2) is 14.2 Å². The fourth-order valence-corrected chi connectivity index (χ4v) is 4.67. The van der Waals surface area contributed by atoms with Crippen molar-refractivity contribution in [1.29, 1.82) is 0 Å². The molecule has 1 fully saturated rings. The number of aromatic nitrogens is 4. The molecule has 4 aromatic rings. The Labute approximate surface area is 225 Å². The second-order valence-corrected chi connectivity index (χ2v) is 9.64. The van der Waals surface area contributed by atoms with Gasteiger partial charge in [0.25, 0.3) is 0 Å². The molecule has 202 valence electrons. The predicted molar refractivity (Wildman–Crippen MR) is 145 cm³/mol. The molecule has 3 aromatic heterocycles. The van der Waals surface area contributed by atoms with Gasteiger partial charge in [-0.05, 0) is 56.7 Å². The number of halogens is 1. The van der Waals surface area contributed by atoms with Crippen molar-refractivity contribution in [1.82, 2.24) is 29.7 Å². The first-order valence-corrected chi connectivity index (χ1v) is 12.9. The van der Waals surface area contributed by atoms with Crippen LogP contribution in [0.25, 0.3) is 33.4 Å². The van der Waals surface area contributed by atoms with E-state index in [1.165, 1.54) is 6.07 Å². The molecule has 0 bridgehead atoms. The Morgan fingerprint density at radius 1 is 1.13 bits per heavy atom. The van der Waals surface area contributed by atoms with Crippen LogP contribution in [0.1, 0.15) is 26.5 Å². The van der Waals surface area contributed by atoms with Crippen LogP contribution in [0.4, 0.5) is 15.1 Å². The molecule has 5 rings (SSSR count). The number of H-pyrrole nitrogens is 1. The lowest BCUT2D eigenvalue weighted by molar-refractivity contribution is -0.138. The minimum Gasteiger partial charge on any atom is -0.450 e. The fraction of sp³-hybridized carbons (Fsp3) is 0.321. The fourth-order valence-electron chi connectivity index (χ4n) is 4.67. The average molecular weight is 532 g/mol. The Hall–Kier alpha value is -4.38. The van der Waals surface area contributed by atoms with Gasteiger partial charge < -0.3 is 14.6 Å². The number of nitrogens with zero attached hydrogens (tertiary/aromatic N) is 5. The third kappa shape index (κ3) is 5.88. The van der Waals surface area contributed by atoms with Crippen molar-refractivity contribution in [2.24, 2.45) is 0 Å². The minimum atomic E-state index is -0.620. The Balaban J connectivity index is 1.42. The van der Waals surface area contributed by atoms with Crippen LogP contribution in [0.2, 0.25) is 0 Å². The quantitative estimate of drug-likeness (QED) is 0.362. The molecule has 0 unspecified atom stereocenters. The van der Waals surface area contributed by atoms with Crippen LogP contribution in [-0.4, -0.2) is 74.0 Å². The van der Waals surface area contributed by atoms with Crippen LogP contribution in [0.15, 0.2) is 48.8 Å². The van der Waals surface area contributed by atoms with Crippen molar-refractivity contribution in [2.75, 3.05) is 31.6 Å². The predicted octanol–water partition coefficient (Wildman–Crippen LogP) is 4.45. The molecule has 2 N–H and O–H groups in total. The molecule has 0 aliphatic carbocycles. The summed E-state index contributed by atoms with van der Waals surface area (Å²) in [7, 11) is 0. The summed E-state index contributed by atoms with van der Waals surface area (Å²) in [5.41, 5.74) is 5.02. The van der Waals surface area contributed by atoms with Crippen LogP contribution >= 0.6 is 0 Å². The maximum atomic E-state index is 13.6. The average Bonchev–Trinajstić information content (AvgIpc) is 3.31. The van der Waals surface area contributed by atoms with E-state index < -0.39 is 11.9 Å². The zero-order valence-corrected chi connectivity index (χ0v) is 22.1. The second-order valence-electron chi connectivity index (χ2n) is 9.64. The minimum absolute atomic E-state index is 0.138. The van der Waals surface area contributed by atoms with Gasteiger partial charge in [-0.15, -0.1) is 0 Å². The highest BCUT2D eigenvalue weighted by molar-refractivity contribution is 5.97. The van der Waals surface area contributed by atoms with Crippen molar-refractivity contribution in [3.8, 4) is 22.4 Å². The number of nitrogens with one attached hydrogen (secondary N) is 2. The van der Waals surface area contributed by atoms with Crippen molar-refractivity contribution < 1.29 is 18.7 Å². The largest absolute Gasteiger partial charge is 0.450 e. The lowest BCUT2D eigenvalue weighted by Gasteiger charge is -2.36. The number of imidazole rings is 1. The molecular formula is C28H30FN7O3. The summed E-state index contributed by atoms with van der Waals surface area (Å²) >= 11 is 0. The Bertz CT molecular complexity index is 1490. The molecule has 1 aliphatic rings. The summed E-state index contributed by atoms with van der Waals surface area (Å²) in [4.78, 5) is 44.9. The van der Waals surface area contributed by atoms with Crippen LogP contribution in [0.5, 0.6) is 0 Å². The highest BCUT2D eigenvalue weighted by atomic mass is 19.1. The lowest BCUT2D eigenvalue weighted by Crippen LogP contribution is -2.52. The SMILES string of the molecule is CCOC(=O)Nc1nc2cc(-c3ccc(CN4CCN(C(C)C)C(=O)C4)nc3)cc(-c3ccc(F)cn3)c2[nH]1. The number of hydrogen-bond donors (Lipinski definition) is 2. The van der Waals surface area contributed by atoms with Crippen LogP contribution in [-0.2, 0) is 16.1 Å². The Morgan fingerprint density at radius 3 is 2.64 bits per heavy atom. The number of pyridine rings is 2. The van der Waals surface area contributed by atoms with Crippen LogP contribution < -0.4 is 5.32 Å². The van der Waals surface area contributed by atoms with Gasteiger partial charge >= 0.3 is 6.09 Å². The van der Waals surface area contributed by atoms with Gasteiger partial charge in [-0.1, -0.05) is 6.07 Å². The number of anilines is 1. The molecule has 0 atom stereocenters. The van der Waals surface area contributed by atoms with Crippen LogP contribution in [0.3, 0.4) is 0 Å². The molecule has 2 amide bonds. The third-order valence-electron chi connectivity index (χ3n) is 6.60. The van der Waals surface area contributed by atoms with Gasteiger partial charge in [0.2, 0.25) is 11.9 Å². The number of rotatable bonds is 7. The van der Waals surface area contributed by atoms with E-state index in [1.807, 2.05) is 43.0 Å². The maximum Gasteiger partial charge on any atom is 0.413 e. The van der Waals surface area contributed by atoms with Gasteiger partial charge in [0.05, 0.1) is 41.8 Å². The number of benzene rings is 1. The maximum absolute atomic E-state index is 13.6. The number of piperazine rings is 1.